The van der Waals surface area contributed by atoms with Gasteiger partial charge >= 0.3 is 95.7 Å². The van der Waals surface area contributed by atoms with Crippen molar-refractivity contribution in [1.82, 2.24) is 0 Å². The molecule has 1 spiro atoms. The average molecular weight is 286 g/mol. The molecule has 5 unspecified atom stereocenters. The van der Waals surface area contributed by atoms with E-state index in [9.17, 15) is 9.90 Å². The topological polar surface area (TPSA) is 37.3 Å². The van der Waals surface area contributed by atoms with E-state index in [2.05, 4.69) is 6.92 Å². The van der Waals surface area contributed by atoms with Gasteiger partial charge in [-0.1, -0.05) is 0 Å². The Labute approximate surface area is 95.8 Å². The Morgan fingerprint density at radius 3 is 1.83 bits per heavy atom. The van der Waals surface area contributed by atoms with Crippen LogP contribution >= 0.6 is 0 Å². The molecule has 0 aliphatic carbocycles. The number of rotatable bonds is 4. The van der Waals surface area contributed by atoms with Gasteiger partial charge in [-0.05, 0) is 0 Å². The van der Waals surface area contributed by atoms with Gasteiger partial charge in [-0.25, -0.2) is 0 Å². The summed E-state index contributed by atoms with van der Waals surface area (Å²) >= 11 is 0. The molecule has 10 saturated heterocycles. The van der Waals surface area contributed by atoms with Gasteiger partial charge in [-0.3, -0.25) is 0 Å². The van der Waals surface area contributed by atoms with Crippen LogP contribution in [0.2, 0.25) is 47.7 Å². The van der Waals surface area contributed by atoms with E-state index in [-0.39, 0.29) is 11.9 Å². The van der Waals surface area contributed by atoms with E-state index in [0.717, 1.165) is 22.5 Å². The van der Waals surface area contributed by atoms with Crippen LogP contribution in [0.3, 0.4) is 0 Å². The van der Waals surface area contributed by atoms with E-state index in [1.54, 1.807) is 0 Å². The molecule has 98 valence electrons. The normalized spacial score (nSPS) is 115. The van der Waals surface area contributed by atoms with Gasteiger partial charge in [0.2, 0.25) is 0 Å². The molecule has 2 nitrogen and oxygen atoms in total. The van der Waals surface area contributed by atoms with Gasteiger partial charge in [0.05, 0.1) is 0 Å². The van der Waals surface area contributed by atoms with E-state index in [1.165, 1.54) is 33.7 Å². The van der Waals surface area contributed by atoms with Crippen molar-refractivity contribution in [2.45, 2.75) is 67.4 Å². The van der Waals surface area contributed by atoms with Crippen LogP contribution < -0.4 is 0 Å². The van der Waals surface area contributed by atoms with E-state index in [0.29, 0.717) is 4.31 Å². The molecule has 5 atom stereocenters. The molecule has 0 saturated carbocycles. The van der Waals surface area contributed by atoms with E-state index in [1.807, 2.05) is 0 Å². The second kappa shape index (κ2) is 0.587. The molecule has 10 aliphatic heterocycles. The van der Waals surface area contributed by atoms with Crippen LogP contribution in [0.4, 0.5) is 0 Å². The van der Waals surface area contributed by atoms with Crippen molar-refractivity contribution in [2.75, 3.05) is 0 Å². The third-order valence-corrected chi connectivity index (χ3v) is 58.9. The van der Waals surface area contributed by atoms with Gasteiger partial charge < -0.3 is 0 Å². The Kier molecular flexibility index (Phi) is 0.233. The first-order valence-corrected chi connectivity index (χ1v) is 14.2. The number of hydrogen-bond acceptors (Lipinski definition) is 1. The summed E-state index contributed by atoms with van der Waals surface area (Å²) in [6, 6.07) is 0. The summed E-state index contributed by atoms with van der Waals surface area (Å²) in [5.74, 6) is -0.249. The predicted molar refractivity (Wildman–Crippen MR) is 62.5 cm³/mol. The van der Waals surface area contributed by atoms with Crippen molar-refractivity contribution in [3.05, 3.63) is 0 Å². The Morgan fingerprint density at radius 1 is 1.11 bits per heavy atom. The fourth-order valence-electron chi connectivity index (χ4n) is 18.2. The minimum atomic E-state index is -3.13. The molecule has 10 fully saturated rings. The summed E-state index contributed by atoms with van der Waals surface area (Å²) in [5, 5.41) is 9.87. The monoisotopic (exact) mass is 286 g/mol. The molecular formula is C15H18FeO2. The number of fused-ring (bicyclic) bond motifs is 10. The van der Waals surface area contributed by atoms with Crippen molar-refractivity contribution in [2.24, 2.45) is 5.92 Å². The fourth-order valence-corrected chi connectivity index (χ4v) is 93.4. The summed E-state index contributed by atoms with van der Waals surface area (Å²) < 4.78 is 0.584. The molecule has 0 aromatic rings. The Morgan fingerprint density at radius 2 is 1.61 bits per heavy atom. The fraction of sp³-hybridized carbons (Fsp3) is 0.933. The minimum absolute atomic E-state index is 0.136. The first kappa shape index (κ1) is 7.13. The second-order valence-electron chi connectivity index (χ2n) is 11.4. The van der Waals surface area contributed by atoms with Crippen LogP contribution in [-0.2, 0) is 11.3 Å². The van der Waals surface area contributed by atoms with E-state index < -0.39 is 6.51 Å². The maximum atomic E-state index is 12.0. The van der Waals surface area contributed by atoms with Crippen molar-refractivity contribution in [3.8, 4) is 0 Å². The zero-order chi connectivity index (χ0) is 11.6. The molecule has 1 N–H and O–H groups in total. The number of carboxylic acids is 1. The zero-order valence-corrected chi connectivity index (χ0v) is 11.5. The van der Waals surface area contributed by atoms with Crippen molar-refractivity contribution in [3.63, 3.8) is 0 Å². The van der Waals surface area contributed by atoms with Gasteiger partial charge in [0.1, 0.15) is 0 Å². The molecule has 10 rings (SSSR count). The molecule has 0 radical (unpaired) electrons. The maximum absolute atomic E-state index is 12.0. The summed E-state index contributed by atoms with van der Waals surface area (Å²) in [6.45, 7) is -0.934. The number of hydrogen-bond donors (Lipinski definition) is 1. The van der Waals surface area contributed by atoms with Crippen LogP contribution in [-0.4, -0.2) is 11.1 Å². The van der Waals surface area contributed by atoms with Crippen LogP contribution in [0.25, 0.3) is 0 Å². The summed E-state index contributed by atoms with van der Waals surface area (Å²) in [4.78, 5) is 23.2. The Bertz CT molecular complexity index is 927. The van der Waals surface area contributed by atoms with Crippen LogP contribution in [0.5, 0.6) is 0 Å². The molecule has 0 bridgehead atoms. The van der Waals surface area contributed by atoms with Crippen LogP contribution in [0.15, 0.2) is 0 Å². The molecule has 0 aromatic heterocycles. The molecular weight excluding hydrogens is 268 g/mol. The molecule has 18 heavy (non-hydrogen) atoms. The van der Waals surface area contributed by atoms with E-state index >= 15 is 0 Å². The third kappa shape index (κ3) is 0.0703. The third-order valence-electron chi connectivity index (χ3n) is 16.2. The van der Waals surface area contributed by atoms with E-state index in [4.69, 9.17) is 0 Å². The zero-order valence-electron chi connectivity index (χ0n) is 10.4. The standard InChI is InChI=1S/C10H13O2.C5H5.Fe/c1-2-5-9(10(11)12)8-6-3-4-7-8;1-2-4-5-3-1;/h3-4,6-7,9H,2,5H2,1H3,(H,11,12);1-5H;. The predicted octanol–water partition coefficient (Wildman–Crippen LogP) is 4.25. The number of carbonyl (C=O) groups is 1. The summed E-state index contributed by atoms with van der Waals surface area (Å²) in [6.07, 6.45) is 2.11. The van der Waals surface area contributed by atoms with Gasteiger partial charge in [0, 0.05) is 0 Å². The molecule has 0 amide bonds. The van der Waals surface area contributed by atoms with Gasteiger partial charge in [0.25, 0.3) is 0 Å². The quantitative estimate of drug-likeness (QED) is 0.784. The first-order valence-electron chi connectivity index (χ1n) is 7.88. The molecule has 3 heteroatoms. The summed E-state index contributed by atoms with van der Waals surface area (Å²) in [7, 11) is 0. The average Bonchev–Trinajstić information content (AvgIpc) is 3.26. The number of aliphatic carboxylic acids is 1. The number of carboxylic acid groups (broad SMARTS) is 1. The molecule has 0 aromatic carbocycles. The molecule has 10 heterocycles. The Hall–Kier alpha value is -0.0105. The summed E-state index contributed by atoms with van der Waals surface area (Å²) in [5.41, 5.74) is 0. The van der Waals surface area contributed by atoms with Crippen molar-refractivity contribution >= 4 is 5.97 Å². The van der Waals surface area contributed by atoms with Gasteiger partial charge in [-0.2, -0.15) is 0 Å². The Balaban J connectivity index is 1.51. The van der Waals surface area contributed by atoms with Crippen molar-refractivity contribution < 1.29 is 16.4 Å². The van der Waals surface area contributed by atoms with Gasteiger partial charge in [0.15, 0.2) is 0 Å². The first-order chi connectivity index (χ1) is 8.44. The molecule has 10 aliphatic rings. The van der Waals surface area contributed by atoms with Crippen LogP contribution in [0.1, 0.15) is 19.8 Å². The SMILES string of the molecule is CCCC(C(=O)O)[C]12[CH]3[CH]4[CH]5[CH]1[Fe]45321678[CH]2[CH]1[CH]6[CH]7[CH]28. The van der Waals surface area contributed by atoms with Crippen LogP contribution in [0, 0.1) is 5.92 Å². The second-order valence-corrected chi connectivity index (χ2v) is 35.0. The van der Waals surface area contributed by atoms with Crippen molar-refractivity contribution in [1.29, 1.82) is 0 Å². The van der Waals surface area contributed by atoms with Gasteiger partial charge in [-0.15, -0.1) is 0 Å².